The lowest BCUT2D eigenvalue weighted by Crippen LogP contribution is -2.40. The third-order valence-electron chi connectivity index (χ3n) is 1.56. The van der Waals surface area contributed by atoms with Gasteiger partial charge in [0, 0.05) is 0 Å². The minimum atomic E-state index is -3.68. The molecule has 0 fully saturated rings. The van der Waals surface area contributed by atoms with Crippen LogP contribution >= 0.6 is 0 Å². The van der Waals surface area contributed by atoms with Crippen molar-refractivity contribution in [1.29, 1.82) is 0 Å². The van der Waals surface area contributed by atoms with E-state index >= 15 is 0 Å². The van der Waals surface area contributed by atoms with Gasteiger partial charge in [-0.2, -0.15) is 8.42 Å². The molecule has 0 saturated heterocycles. The van der Waals surface area contributed by atoms with Crippen LogP contribution in [0.4, 0.5) is 0 Å². The summed E-state index contributed by atoms with van der Waals surface area (Å²) in [5, 5.41) is 0. The van der Waals surface area contributed by atoms with Crippen LogP contribution < -0.4 is 5.73 Å². The van der Waals surface area contributed by atoms with E-state index < -0.39 is 33.8 Å². The topological polar surface area (TPSA) is 95.7 Å². The third kappa shape index (κ3) is 6.76. The molecule has 2 N–H and O–H groups in total. The normalized spacial score (nSPS) is 16.6. The second kappa shape index (κ2) is 5.11. The highest BCUT2D eigenvalue weighted by molar-refractivity contribution is 7.86. The molecular formula is C9H19NO5S. The first-order valence-corrected chi connectivity index (χ1v) is 6.61. The van der Waals surface area contributed by atoms with Crippen LogP contribution in [0.1, 0.15) is 27.7 Å². The summed E-state index contributed by atoms with van der Waals surface area (Å²) >= 11 is 0. The Morgan fingerprint density at radius 3 is 2.06 bits per heavy atom. The van der Waals surface area contributed by atoms with E-state index in [1.165, 1.54) is 6.92 Å². The summed E-state index contributed by atoms with van der Waals surface area (Å²) in [6.45, 7) is 6.58. The molecule has 0 aliphatic carbocycles. The van der Waals surface area contributed by atoms with Gasteiger partial charge in [-0.25, -0.2) is 0 Å². The lowest BCUT2D eigenvalue weighted by atomic mass is 10.1. The number of hydrogen-bond donors (Lipinski definition) is 1. The van der Waals surface area contributed by atoms with Crippen LogP contribution in [0.15, 0.2) is 0 Å². The van der Waals surface area contributed by atoms with Crippen molar-refractivity contribution in [3.05, 3.63) is 0 Å². The fraction of sp³-hybridized carbons (Fsp3) is 0.889. The van der Waals surface area contributed by atoms with E-state index in [0.717, 1.165) is 6.26 Å². The van der Waals surface area contributed by atoms with Crippen molar-refractivity contribution in [3.8, 4) is 0 Å². The standard InChI is InChI=1S/C9H19NO5S/c1-6(7(10)15-16(5,12)13)8(11)14-9(2,3)4/h6-7H,10H2,1-5H3. The lowest BCUT2D eigenvalue weighted by Gasteiger charge is -2.24. The van der Waals surface area contributed by atoms with Crippen molar-refractivity contribution in [3.63, 3.8) is 0 Å². The average Bonchev–Trinajstić information content (AvgIpc) is 1.96. The van der Waals surface area contributed by atoms with E-state index in [1.807, 2.05) is 0 Å². The van der Waals surface area contributed by atoms with E-state index in [2.05, 4.69) is 4.18 Å². The first-order chi connectivity index (χ1) is 6.92. The number of ether oxygens (including phenoxy) is 1. The van der Waals surface area contributed by atoms with Crippen LogP contribution in [-0.4, -0.2) is 32.5 Å². The van der Waals surface area contributed by atoms with Crippen LogP contribution in [0.25, 0.3) is 0 Å². The van der Waals surface area contributed by atoms with E-state index in [-0.39, 0.29) is 0 Å². The van der Waals surface area contributed by atoms with Crippen molar-refractivity contribution in [2.75, 3.05) is 6.26 Å². The molecule has 0 aliphatic heterocycles. The zero-order chi connectivity index (χ0) is 13.1. The summed E-state index contributed by atoms with van der Waals surface area (Å²) in [7, 11) is -3.68. The highest BCUT2D eigenvalue weighted by atomic mass is 32.2. The summed E-state index contributed by atoms with van der Waals surface area (Å²) in [4.78, 5) is 11.5. The predicted octanol–water partition coefficient (Wildman–Crippen LogP) is 0.225. The quantitative estimate of drug-likeness (QED) is 0.437. The molecule has 0 rings (SSSR count). The summed E-state index contributed by atoms with van der Waals surface area (Å²) in [6, 6.07) is 0. The van der Waals surface area contributed by atoms with E-state index in [4.69, 9.17) is 10.5 Å². The Hall–Kier alpha value is -0.660. The molecule has 2 atom stereocenters. The molecule has 96 valence electrons. The fourth-order valence-electron chi connectivity index (χ4n) is 0.814. The highest BCUT2D eigenvalue weighted by Gasteiger charge is 2.29. The molecule has 7 heteroatoms. The molecule has 0 aromatic rings. The van der Waals surface area contributed by atoms with Gasteiger partial charge in [0.2, 0.25) is 0 Å². The van der Waals surface area contributed by atoms with Gasteiger partial charge in [-0.05, 0) is 27.7 Å². The number of rotatable bonds is 4. The summed E-state index contributed by atoms with van der Waals surface area (Å²) in [6.07, 6.45) is -0.362. The molecule has 6 nitrogen and oxygen atoms in total. The van der Waals surface area contributed by atoms with Crippen molar-refractivity contribution in [2.24, 2.45) is 11.7 Å². The monoisotopic (exact) mass is 253 g/mol. The molecule has 0 amide bonds. The molecule has 0 aromatic heterocycles. The highest BCUT2D eigenvalue weighted by Crippen LogP contribution is 2.14. The van der Waals surface area contributed by atoms with Gasteiger partial charge in [-0.3, -0.25) is 8.98 Å². The summed E-state index contributed by atoms with van der Waals surface area (Å²) in [5.74, 6) is -1.45. The number of nitrogens with two attached hydrogens (primary N) is 1. The van der Waals surface area contributed by atoms with Crippen molar-refractivity contribution < 1.29 is 22.1 Å². The Balaban J connectivity index is 4.45. The minimum absolute atomic E-state index is 0.594. The van der Waals surface area contributed by atoms with Gasteiger partial charge in [0.1, 0.15) is 11.8 Å². The number of carbonyl (C=O) groups excluding carboxylic acids is 1. The van der Waals surface area contributed by atoms with Crippen LogP contribution in [0.5, 0.6) is 0 Å². The second-order valence-corrected chi connectivity index (χ2v) is 6.19. The maximum Gasteiger partial charge on any atom is 0.313 e. The van der Waals surface area contributed by atoms with Gasteiger partial charge in [-0.1, -0.05) is 0 Å². The van der Waals surface area contributed by atoms with Gasteiger partial charge in [0.05, 0.1) is 12.2 Å². The van der Waals surface area contributed by atoms with Crippen LogP contribution in [-0.2, 0) is 23.8 Å². The van der Waals surface area contributed by atoms with Crippen molar-refractivity contribution >= 4 is 16.1 Å². The molecule has 0 heterocycles. The zero-order valence-electron chi connectivity index (χ0n) is 10.2. The fourth-order valence-corrected chi connectivity index (χ4v) is 1.38. The van der Waals surface area contributed by atoms with Gasteiger partial charge >= 0.3 is 5.97 Å². The van der Waals surface area contributed by atoms with Gasteiger partial charge in [0.25, 0.3) is 10.1 Å². The van der Waals surface area contributed by atoms with Crippen LogP contribution in [0, 0.1) is 5.92 Å². The smallest absolute Gasteiger partial charge is 0.313 e. The molecule has 0 aromatic carbocycles. The lowest BCUT2D eigenvalue weighted by molar-refractivity contribution is -0.162. The molecule has 2 unspecified atom stereocenters. The van der Waals surface area contributed by atoms with E-state index in [9.17, 15) is 13.2 Å². The SMILES string of the molecule is CC(C(=O)OC(C)(C)C)C(N)OS(C)(=O)=O. The molecular weight excluding hydrogens is 234 g/mol. The molecule has 0 bridgehead atoms. The first-order valence-electron chi connectivity index (χ1n) is 4.79. The largest absolute Gasteiger partial charge is 0.460 e. The zero-order valence-corrected chi connectivity index (χ0v) is 11.0. The average molecular weight is 253 g/mol. The number of esters is 1. The Kier molecular flexibility index (Phi) is 4.90. The Morgan fingerprint density at radius 1 is 1.31 bits per heavy atom. The van der Waals surface area contributed by atoms with Gasteiger partial charge in [0.15, 0.2) is 0 Å². The number of hydrogen-bond acceptors (Lipinski definition) is 6. The number of carbonyl (C=O) groups is 1. The third-order valence-corrected chi connectivity index (χ3v) is 2.13. The molecule has 0 aliphatic rings. The van der Waals surface area contributed by atoms with Crippen LogP contribution in [0.3, 0.4) is 0 Å². The Morgan fingerprint density at radius 2 is 1.75 bits per heavy atom. The Labute approximate surface area is 96.2 Å². The molecule has 0 saturated carbocycles. The van der Waals surface area contributed by atoms with Gasteiger partial charge < -0.3 is 10.5 Å². The van der Waals surface area contributed by atoms with Gasteiger partial charge in [-0.15, -0.1) is 0 Å². The predicted molar refractivity (Wildman–Crippen MR) is 58.9 cm³/mol. The van der Waals surface area contributed by atoms with E-state index in [0.29, 0.717) is 0 Å². The molecule has 16 heavy (non-hydrogen) atoms. The molecule has 0 radical (unpaired) electrons. The summed E-state index contributed by atoms with van der Waals surface area (Å²) in [5.41, 5.74) is 4.78. The Bertz CT molecular complexity index is 343. The van der Waals surface area contributed by atoms with Crippen molar-refractivity contribution in [2.45, 2.75) is 39.5 Å². The van der Waals surface area contributed by atoms with Crippen molar-refractivity contribution in [1.82, 2.24) is 0 Å². The maximum atomic E-state index is 11.5. The van der Waals surface area contributed by atoms with E-state index in [1.54, 1.807) is 20.8 Å². The first kappa shape index (κ1) is 15.3. The second-order valence-electron chi connectivity index (χ2n) is 4.59. The minimum Gasteiger partial charge on any atom is -0.460 e. The molecule has 0 spiro atoms. The maximum absolute atomic E-state index is 11.5. The van der Waals surface area contributed by atoms with Crippen LogP contribution in [0.2, 0.25) is 0 Å². The summed E-state index contributed by atoms with van der Waals surface area (Å²) < 4.78 is 31.1.